The van der Waals surface area contributed by atoms with Crippen LogP contribution in [0, 0.1) is 11.8 Å². The summed E-state index contributed by atoms with van der Waals surface area (Å²) in [6, 6.07) is 10.8. The Labute approximate surface area is 179 Å². The lowest BCUT2D eigenvalue weighted by Gasteiger charge is -2.18. The molecule has 0 saturated carbocycles. The van der Waals surface area contributed by atoms with Crippen molar-refractivity contribution >= 4 is 17.4 Å². The van der Waals surface area contributed by atoms with E-state index in [4.69, 9.17) is 0 Å². The van der Waals surface area contributed by atoms with Gasteiger partial charge in [0.1, 0.15) is 11.5 Å². The van der Waals surface area contributed by atoms with E-state index in [1.807, 2.05) is 6.92 Å². The van der Waals surface area contributed by atoms with Gasteiger partial charge in [-0.1, -0.05) is 25.1 Å². The number of Topliss-reactive ketones (excluding diaryl/α,β-unsaturated/α-hetero) is 1. The van der Waals surface area contributed by atoms with Gasteiger partial charge in [-0.15, -0.1) is 0 Å². The third-order valence-corrected chi connectivity index (χ3v) is 4.96. The van der Waals surface area contributed by atoms with Crippen molar-refractivity contribution in [2.24, 2.45) is 0 Å². The lowest BCUT2D eigenvalue weighted by atomic mass is 10.0. The first-order valence-corrected chi connectivity index (χ1v) is 10.0. The van der Waals surface area contributed by atoms with Crippen molar-refractivity contribution in [1.29, 1.82) is 0 Å². The number of hydrogen-bond acceptors (Lipinski definition) is 4. The molecule has 7 heteroatoms. The summed E-state index contributed by atoms with van der Waals surface area (Å²) in [7, 11) is 1.56. The van der Waals surface area contributed by atoms with Crippen molar-refractivity contribution in [2.45, 2.75) is 32.6 Å². The number of ketones is 1. The molecule has 0 aliphatic carbocycles. The molecule has 2 aromatic heterocycles. The summed E-state index contributed by atoms with van der Waals surface area (Å²) in [5.41, 5.74) is 2.55. The van der Waals surface area contributed by atoms with E-state index in [0.29, 0.717) is 36.1 Å². The second kappa shape index (κ2) is 10.0. The topological polar surface area (TPSA) is 63.2 Å². The molecule has 0 saturated heterocycles. The summed E-state index contributed by atoms with van der Waals surface area (Å²) in [5.74, 6) is -1.35. The lowest BCUT2D eigenvalue weighted by Crippen LogP contribution is -2.26. The molecule has 160 valence electrons. The van der Waals surface area contributed by atoms with Crippen LogP contribution in [0.1, 0.15) is 42.2 Å². The molecule has 5 nitrogen and oxygen atoms in total. The number of benzene rings is 1. The maximum absolute atomic E-state index is 14.6. The Kier molecular flexibility index (Phi) is 7.18. The predicted molar refractivity (Wildman–Crippen MR) is 115 cm³/mol. The SMILES string of the molecule is CCCC(=O)N(C)c1ccc(-c2ccc(C(=O)CCc3ccc(F)nc3)nc2)cc1F. The Morgan fingerprint density at radius 3 is 2.32 bits per heavy atom. The van der Waals surface area contributed by atoms with E-state index in [1.165, 1.54) is 29.4 Å². The molecule has 0 N–H and O–H groups in total. The Balaban J connectivity index is 1.67. The molecule has 3 aromatic rings. The number of halogens is 2. The van der Waals surface area contributed by atoms with Crippen molar-refractivity contribution in [1.82, 2.24) is 9.97 Å². The number of carbonyl (C=O) groups is 2. The number of pyridine rings is 2. The molecule has 1 amide bonds. The second-order valence-electron chi connectivity index (χ2n) is 7.21. The minimum atomic E-state index is -0.559. The highest BCUT2D eigenvalue weighted by atomic mass is 19.1. The summed E-state index contributed by atoms with van der Waals surface area (Å²) < 4.78 is 27.4. The van der Waals surface area contributed by atoms with E-state index in [9.17, 15) is 18.4 Å². The van der Waals surface area contributed by atoms with Gasteiger partial charge in [-0.25, -0.2) is 9.37 Å². The number of rotatable bonds is 8. The highest BCUT2D eigenvalue weighted by Crippen LogP contribution is 2.26. The zero-order valence-corrected chi connectivity index (χ0v) is 17.4. The van der Waals surface area contributed by atoms with Gasteiger partial charge in [0.25, 0.3) is 0 Å². The van der Waals surface area contributed by atoms with Crippen molar-refractivity contribution in [3.63, 3.8) is 0 Å². The standard InChI is InChI=1S/C24H23F2N3O2/c1-3-4-24(31)29(2)21-10-8-17(13-19(21)25)18-7-9-20(27-15-18)22(30)11-5-16-6-12-23(26)28-14-16/h6-10,12-15H,3-5,11H2,1-2H3. The van der Waals surface area contributed by atoms with Gasteiger partial charge in [0.15, 0.2) is 5.78 Å². The Hall–Kier alpha value is -3.48. The first-order chi connectivity index (χ1) is 14.9. The van der Waals surface area contributed by atoms with Crippen LogP contribution in [0.3, 0.4) is 0 Å². The fourth-order valence-electron chi connectivity index (χ4n) is 3.14. The van der Waals surface area contributed by atoms with Crippen molar-refractivity contribution < 1.29 is 18.4 Å². The molecule has 0 aliphatic heterocycles. The van der Waals surface area contributed by atoms with Crippen LogP contribution in [0.25, 0.3) is 11.1 Å². The molecule has 2 heterocycles. The molecule has 3 rings (SSSR count). The van der Waals surface area contributed by atoms with Gasteiger partial charge in [-0.2, -0.15) is 4.39 Å². The Morgan fingerprint density at radius 2 is 1.71 bits per heavy atom. The smallest absolute Gasteiger partial charge is 0.226 e. The van der Waals surface area contributed by atoms with Gasteiger partial charge in [0.2, 0.25) is 11.9 Å². The lowest BCUT2D eigenvalue weighted by molar-refractivity contribution is -0.118. The number of aromatic nitrogens is 2. The molecule has 0 atom stereocenters. The summed E-state index contributed by atoms with van der Waals surface area (Å²) in [5, 5.41) is 0. The Bertz CT molecular complexity index is 1070. The minimum absolute atomic E-state index is 0.143. The normalized spacial score (nSPS) is 10.7. The van der Waals surface area contributed by atoms with Gasteiger partial charge < -0.3 is 4.90 Å². The zero-order chi connectivity index (χ0) is 22.4. The summed E-state index contributed by atoms with van der Waals surface area (Å²) in [6.45, 7) is 1.90. The summed E-state index contributed by atoms with van der Waals surface area (Å²) >= 11 is 0. The van der Waals surface area contributed by atoms with Gasteiger partial charge in [0.05, 0.1) is 5.69 Å². The minimum Gasteiger partial charge on any atom is -0.313 e. The van der Waals surface area contributed by atoms with Crippen LogP contribution in [-0.4, -0.2) is 28.7 Å². The highest BCUT2D eigenvalue weighted by molar-refractivity contribution is 5.95. The number of amides is 1. The third kappa shape index (κ3) is 5.57. The van der Waals surface area contributed by atoms with Crippen LogP contribution >= 0.6 is 0 Å². The first-order valence-electron chi connectivity index (χ1n) is 10.0. The largest absolute Gasteiger partial charge is 0.313 e. The summed E-state index contributed by atoms with van der Waals surface area (Å²) in [6.07, 6.45) is 4.64. The number of hydrogen-bond donors (Lipinski definition) is 0. The predicted octanol–water partition coefficient (Wildman–Crippen LogP) is 5.00. The van der Waals surface area contributed by atoms with Gasteiger partial charge >= 0.3 is 0 Å². The molecule has 1 aromatic carbocycles. The maximum atomic E-state index is 14.6. The van der Waals surface area contributed by atoms with Crippen LogP contribution < -0.4 is 4.90 Å². The van der Waals surface area contributed by atoms with Gasteiger partial charge in [0, 0.05) is 37.8 Å². The number of aryl methyl sites for hydroxylation is 1. The molecule has 0 unspecified atom stereocenters. The fourth-order valence-corrected chi connectivity index (χ4v) is 3.14. The van der Waals surface area contributed by atoms with Crippen molar-refractivity contribution in [3.05, 3.63) is 77.9 Å². The molecular weight excluding hydrogens is 400 g/mol. The zero-order valence-electron chi connectivity index (χ0n) is 17.4. The second-order valence-corrected chi connectivity index (χ2v) is 7.21. The van der Waals surface area contributed by atoms with Crippen LogP contribution in [0.2, 0.25) is 0 Å². The third-order valence-electron chi connectivity index (χ3n) is 4.96. The van der Waals surface area contributed by atoms with Crippen LogP contribution in [0.4, 0.5) is 14.5 Å². The monoisotopic (exact) mass is 423 g/mol. The molecule has 0 aliphatic rings. The van der Waals surface area contributed by atoms with E-state index >= 15 is 0 Å². The number of anilines is 1. The van der Waals surface area contributed by atoms with Crippen LogP contribution in [0.5, 0.6) is 0 Å². The van der Waals surface area contributed by atoms with Crippen LogP contribution in [-0.2, 0) is 11.2 Å². The molecular formula is C24H23F2N3O2. The quantitative estimate of drug-likeness (QED) is 0.378. The molecule has 0 bridgehead atoms. The van der Waals surface area contributed by atoms with E-state index in [2.05, 4.69) is 9.97 Å². The van der Waals surface area contributed by atoms with E-state index in [-0.39, 0.29) is 23.8 Å². The molecule has 0 radical (unpaired) electrons. The van der Waals surface area contributed by atoms with E-state index in [1.54, 1.807) is 37.4 Å². The van der Waals surface area contributed by atoms with Gasteiger partial charge in [-0.05, 0) is 48.2 Å². The number of carbonyl (C=O) groups excluding carboxylic acids is 2. The van der Waals surface area contributed by atoms with Crippen molar-refractivity contribution in [3.8, 4) is 11.1 Å². The molecule has 31 heavy (non-hydrogen) atoms. The highest BCUT2D eigenvalue weighted by Gasteiger charge is 2.15. The Morgan fingerprint density at radius 1 is 0.935 bits per heavy atom. The van der Waals surface area contributed by atoms with E-state index < -0.39 is 11.8 Å². The van der Waals surface area contributed by atoms with Crippen LogP contribution in [0.15, 0.2) is 54.9 Å². The summed E-state index contributed by atoms with van der Waals surface area (Å²) in [4.78, 5) is 33.5. The van der Waals surface area contributed by atoms with Crippen molar-refractivity contribution in [2.75, 3.05) is 11.9 Å². The van der Waals surface area contributed by atoms with Gasteiger partial charge in [-0.3, -0.25) is 14.6 Å². The maximum Gasteiger partial charge on any atom is 0.226 e. The fraction of sp³-hybridized carbons (Fsp3) is 0.250. The molecule has 0 spiro atoms. The average molecular weight is 423 g/mol. The average Bonchev–Trinajstić information content (AvgIpc) is 2.78. The number of nitrogens with zero attached hydrogens (tertiary/aromatic N) is 3. The van der Waals surface area contributed by atoms with E-state index in [0.717, 1.165) is 5.56 Å². The molecule has 0 fully saturated rings. The first kappa shape index (κ1) is 22.2.